The van der Waals surface area contributed by atoms with E-state index in [4.69, 9.17) is 5.11 Å². The maximum atomic E-state index is 12.2. The third-order valence-electron chi connectivity index (χ3n) is 4.92. The Hall–Kier alpha value is -2.42. The van der Waals surface area contributed by atoms with Crippen molar-refractivity contribution in [3.8, 4) is 0 Å². The number of nitrogens with one attached hydrogen (secondary N) is 2. The molecule has 1 amide bonds. The van der Waals surface area contributed by atoms with Gasteiger partial charge in [0.2, 0.25) is 0 Å². The molecule has 0 atom stereocenters. The van der Waals surface area contributed by atoms with Crippen molar-refractivity contribution in [3.63, 3.8) is 0 Å². The average Bonchev–Trinajstić information content (AvgIpc) is 3.31. The summed E-state index contributed by atoms with van der Waals surface area (Å²) in [7, 11) is 1.30. The zero-order valence-electron chi connectivity index (χ0n) is 14.0. The second-order valence-electron chi connectivity index (χ2n) is 6.93. The Balaban J connectivity index is 1.56. The van der Waals surface area contributed by atoms with Crippen molar-refractivity contribution in [1.82, 2.24) is 19.8 Å². The van der Waals surface area contributed by atoms with E-state index in [1.54, 1.807) is 0 Å². The SMILES string of the molecule is Cn1c(=O)[nH]cc(C(=O)NC2CC(N(CC(=O)O)CC3CC3)C2)c1=O. The van der Waals surface area contributed by atoms with Gasteiger partial charge in [0, 0.05) is 31.9 Å². The highest BCUT2D eigenvalue weighted by Crippen LogP contribution is 2.33. The number of nitrogens with zero attached hydrogens (tertiary/aromatic N) is 2. The largest absolute Gasteiger partial charge is 0.480 e. The van der Waals surface area contributed by atoms with Crippen molar-refractivity contribution in [1.29, 1.82) is 0 Å². The van der Waals surface area contributed by atoms with Crippen molar-refractivity contribution in [3.05, 3.63) is 32.6 Å². The molecular formula is C16H22N4O5. The topological polar surface area (TPSA) is 124 Å². The number of carboxylic acids is 1. The molecule has 0 spiro atoms. The summed E-state index contributed by atoms with van der Waals surface area (Å²) in [6.45, 7) is 0.806. The molecular weight excluding hydrogens is 328 g/mol. The summed E-state index contributed by atoms with van der Waals surface area (Å²) >= 11 is 0. The summed E-state index contributed by atoms with van der Waals surface area (Å²) < 4.78 is 0.850. The monoisotopic (exact) mass is 350 g/mol. The number of carbonyl (C=O) groups is 2. The third kappa shape index (κ3) is 3.98. The predicted octanol–water partition coefficient (Wildman–Crippen LogP) is -0.869. The van der Waals surface area contributed by atoms with Crippen LogP contribution in [0, 0.1) is 5.92 Å². The number of aliphatic carboxylic acids is 1. The van der Waals surface area contributed by atoms with E-state index in [0.29, 0.717) is 18.8 Å². The van der Waals surface area contributed by atoms with Crippen LogP contribution >= 0.6 is 0 Å². The van der Waals surface area contributed by atoms with Gasteiger partial charge < -0.3 is 15.4 Å². The molecule has 2 fully saturated rings. The average molecular weight is 350 g/mol. The molecule has 1 aromatic heterocycles. The maximum absolute atomic E-state index is 12.2. The van der Waals surface area contributed by atoms with Gasteiger partial charge in [0.05, 0.1) is 6.54 Å². The Morgan fingerprint density at radius 2 is 2.04 bits per heavy atom. The standard InChI is InChI=1S/C16H22N4O5/c1-19-15(24)12(6-17-16(19)25)14(23)18-10-4-11(5-10)20(8-13(21)22)7-9-2-3-9/h6,9-11H,2-5,7-8H2,1H3,(H,17,25)(H,18,23)(H,21,22). The second kappa shape index (κ2) is 6.83. The lowest BCUT2D eigenvalue weighted by atomic mass is 9.85. The van der Waals surface area contributed by atoms with Crippen LogP contribution in [0.5, 0.6) is 0 Å². The van der Waals surface area contributed by atoms with Gasteiger partial charge in [-0.25, -0.2) is 4.79 Å². The van der Waals surface area contributed by atoms with Crippen LogP contribution in [0.15, 0.2) is 15.8 Å². The first kappa shape index (κ1) is 17.4. The normalized spacial score (nSPS) is 22.5. The molecule has 1 heterocycles. The van der Waals surface area contributed by atoms with E-state index in [0.717, 1.165) is 30.2 Å². The van der Waals surface area contributed by atoms with E-state index < -0.39 is 23.1 Å². The summed E-state index contributed by atoms with van der Waals surface area (Å²) in [5.74, 6) is -0.769. The van der Waals surface area contributed by atoms with E-state index in [2.05, 4.69) is 10.3 Å². The molecule has 0 aliphatic heterocycles. The summed E-state index contributed by atoms with van der Waals surface area (Å²) in [4.78, 5) is 50.8. The number of aromatic amines is 1. The molecule has 136 valence electrons. The highest BCUT2D eigenvalue weighted by atomic mass is 16.4. The Labute approximate surface area is 143 Å². The van der Waals surface area contributed by atoms with Gasteiger partial charge in [-0.1, -0.05) is 0 Å². The molecule has 0 radical (unpaired) electrons. The van der Waals surface area contributed by atoms with Gasteiger partial charge in [0.15, 0.2) is 0 Å². The van der Waals surface area contributed by atoms with Gasteiger partial charge in [-0.05, 0) is 31.6 Å². The fourth-order valence-electron chi connectivity index (χ4n) is 3.14. The van der Waals surface area contributed by atoms with Crippen molar-refractivity contribution in [2.24, 2.45) is 13.0 Å². The van der Waals surface area contributed by atoms with Crippen molar-refractivity contribution < 1.29 is 14.7 Å². The zero-order valence-corrected chi connectivity index (χ0v) is 14.0. The summed E-state index contributed by atoms with van der Waals surface area (Å²) in [6, 6.07) is 0.0463. The maximum Gasteiger partial charge on any atom is 0.328 e. The minimum absolute atomic E-state index is 0.0162. The number of hydrogen-bond acceptors (Lipinski definition) is 5. The molecule has 0 bridgehead atoms. The molecule has 0 saturated heterocycles. The molecule has 9 heteroatoms. The van der Waals surface area contributed by atoms with Crippen LogP contribution in [0.3, 0.4) is 0 Å². The van der Waals surface area contributed by atoms with Crippen LogP contribution in [0.4, 0.5) is 0 Å². The number of carbonyl (C=O) groups excluding carboxylic acids is 1. The van der Waals surface area contributed by atoms with E-state index in [1.807, 2.05) is 4.90 Å². The molecule has 3 rings (SSSR count). The quantitative estimate of drug-likeness (QED) is 0.587. The summed E-state index contributed by atoms with van der Waals surface area (Å²) in [6.07, 6.45) is 4.75. The molecule has 0 aromatic carbocycles. The van der Waals surface area contributed by atoms with Crippen LogP contribution in [0.25, 0.3) is 0 Å². The van der Waals surface area contributed by atoms with E-state index >= 15 is 0 Å². The second-order valence-corrected chi connectivity index (χ2v) is 6.93. The van der Waals surface area contributed by atoms with Crippen molar-refractivity contribution in [2.75, 3.05) is 13.1 Å². The number of aromatic nitrogens is 2. The molecule has 2 aliphatic carbocycles. The van der Waals surface area contributed by atoms with Crippen LogP contribution < -0.4 is 16.6 Å². The van der Waals surface area contributed by atoms with Gasteiger partial charge in [-0.2, -0.15) is 0 Å². The predicted molar refractivity (Wildman–Crippen MR) is 88.5 cm³/mol. The van der Waals surface area contributed by atoms with Crippen LogP contribution in [0.2, 0.25) is 0 Å². The molecule has 3 N–H and O–H groups in total. The smallest absolute Gasteiger partial charge is 0.328 e. The Kier molecular flexibility index (Phi) is 4.76. The van der Waals surface area contributed by atoms with Crippen molar-refractivity contribution >= 4 is 11.9 Å². The fraction of sp³-hybridized carbons (Fsp3) is 0.625. The lowest BCUT2D eigenvalue weighted by molar-refractivity contribution is -0.139. The molecule has 2 aliphatic rings. The first-order valence-corrected chi connectivity index (χ1v) is 8.40. The molecule has 0 unspecified atom stereocenters. The minimum atomic E-state index is -0.843. The molecule has 1 aromatic rings. The summed E-state index contributed by atoms with van der Waals surface area (Å²) in [5, 5.41) is 11.8. The third-order valence-corrected chi connectivity index (χ3v) is 4.92. The van der Waals surface area contributed by atoms with E-state index in [-0.39, 0.29) is 24.2 Å². The lowest BCUT2D eigenvalue weighted by Crippen LogP contribution is -2.55. The lowest BCUT2D eigenvalue weighted by Gasteiger charge is -2.42. The van der Waals surface area contributed by atoms with Crippen LogP contribution in [-0.2, 0) is 11.8 Å². The van der Waals surface area contributed by atoms with Gasteiger partial charge >= 0.3 is 11.7 Å². The van der Waals surface area contributed by atoms with Crippen LogP contribution in [0.1, 0.15) is 36.0 Å². The van der Waals surface area contributed by atoms with Crippen molar-refractivity contribution in [2.45, 2.75) is 37.8 Å². The first-order chi connectivity index (χ1) is 11.8. The number of rotatable bonds is 7. The number of carboxylic acid groups (broad SMARTS) is 1. The van der Waals surface area contributed by atoms with E-state index in [1.165, 1.54) is 7.05 Å². The fourth-order valence-corrected chi connectivity index (χ4v) is 3.14. The van der Waals surface area contributed by atoms with Gasteiger partial charge in [0.1, 0.15) is 5.56 Å². The number of hydrogen-bond donors (Lipinski definition) is 3. The molecule has 25 heavy (non-hydrogen) atoms. The molecule has 9 nitrogen and oxygen atoms in total. The van der Waals surface area contributed by atoms with Gasteiger partial charge in [0.25, 0.3) is 11.5 Å². The highest BCUT2D eigenvalue weighted by molar-refractivity contribution is 5.93. The highest BCUT2D eigenvalue weighted by Gasteiger charge is 2.38. The Morgan fingerprint density at radius 1 is 1.36 bits per heavy atom. The Morgan fingerprint density at radius 3 is 2.64 bits per heavy atom. The molecule has 2 saturated carbocycles. The summed E-state index contributed by atoms with van der Waals surface area (Å²) in [5.41, 5.74) is -1.32. The zero-order chi connectivity index (χ0) is 18.1. The first-order valence-electron chi connectivity index (χ1n) is 8.40. The number of H-pyrrole nitrogens is 1. The number of amides is 1. The van der Waals surface area contributed by atoms with Gasteiger partial charge in [-0.15, -0.1) is 0 Å². The van der Waals surface area contributed by atoms with Crippen LogP contribution in [-0.4, -0.2) is 56.6 Å². The van der Waals surface area contributed by atoms with E-state index in [9.17, 15) is 19.2 Å². The Bertz CT molecular complexity index is 788. The minimum Gasteiger partial charge on any atom is -0.480 e. The van der Waals surface area contributed by atoms with Gasteiger partial charge in [-0.3, -0.25) is 23.9 Å².